The Hall–Kier alpha value is -4.33. The average Bonchev–Trinajstić information content (AvgIpc) is 3.18. The van der Waals surface area contributed by atoms with Crippen molar-refractivity contribution >= 4 is 17.4 Å². The molecule has 1 atom stereocenters. The van der Waals surface area contributed by atoms with Gasteiger partial charge in [0.05, 0.1) is 32.4 Å². The molecule has 1 aliphatic rings. The van der Waals surface area contributed by atoms with Gasteiger partial charge in [-0.3, -0.25) is 9.59 Å². The van der Waals surface area contributed by atoms with E-state index in [1.165, 1.54) is 24.1 Å². The number of aryl methyl sites for hydroxylation is 1. The lowest BCUT2D eigenvalue weighted by Gasteiger charge is -2.26. The van der Waals surface area contributed by atoms with Crippen LogP contribution in [0.15, 0.2) is 60.2 Å². The Bertz CT molecular complexity index is 1460. The number of carbonyl (C=O) groups excluding carboxylic acids is 2. The average molecular weight is 548 g/mol. The number of aliphatic hydroxyl groups excluding tert-OH is 1. The Kier molecular flexibility index (Phi) is 8.47. The number of benzene rings is 3. The van der Waals surface area contributed by atoms with Gasteiger partial charge in [0.25, 0.3) is 11.7 Å². The van der Waals surface area contributed by atoms with Crippen LogP contribution in [0.5, 0.6) is 17.2 Å². The molecule has 0 bridgehead atoms. The highest BCUT2D eigenvalue weighted by molar-refractivity contribution is 6.46. The monoisotopic (exact) mass is 547 g/mol. The minimum atomic E-state index is -0.931. The Morgan fingerprint density at radius 1 is 0.975 bits per heavy atom. The van der Waals surface area contributed by atoms with Gasteiger partial charge in [0.1, 0.15) is 17.3 Å². The lowest BCUT2D eigenvalue weighted by molar-refractivity contribution is -0.140. The predicted octanol–water partition coefficient (Wildman–Crippen LogP) is 6.30. The number of carbonyl (C=O) groups is 2. The van der Waals surface area contributed by atoms with E-state index in [4.69, 9.17) is 14.2 Å². The number of likely N-dealkylation sites (tertiary alicyclic amines) is 1. The molecule has 1 saturated heterocycles. The maximum absolute atomic E-state index is 13.6. The van der Waals surface area contributed by atoms with E-state index in [0.29, 0.717) is 46.1 Å². The van der Waals surface area contributed by atoms with Crippen molar-refractivity contribution in [1.82, 2.24) is 4.90 Å². The summed E-state index contributed by atoms with van der Waals surface area (Å²) >= 11 is 0. The number of hydrogen-bond acceptors (Lipinski definition) is 6. The van der Waals surface area contributed by atoms with E-state index >= 15 is 0 Å². The van der Waals surface area contributed by atoms with Gasteiger partial charge >= 0.3 is 0 Å². The number of ketones is 1. The number of ether oxygens (including phenoxy) is 3. The summed E-state index contributed by atoms with van der Waals surface area (Å²) < 4.78 is 30.3. The number of nitrogens with zero attached hydrogens (tertiary/aromatic N) is 1. The van der Waals surface area contributed by atoms with Crippen molar-refractivity contribution in [3.05, 3.63) is 93.8 Å². The van der Waals surface area contributed by atoms with Gasteiger partial charge in [-0.1, -0.05) is 32.0 Å². The fraction of sp³-hybridized carbons (Fsp3) is 0.312. The smallest absolute Gasteiger partial charge is 0.295 e. The molecule has 1 N–H and O–H groups in total. The number of halogens is 1. The molecule has 7 nitrogen and oxygen atoms in total. The maximum Gasteiger partial charge on any atom is 0.295 e. The third-order valence-electron chi connectivity index (χ3n) is 7.06. The molecule has 0 aliphatic carbocycles. The molecule has 0 saturated carbocycles. The van der Waals surface area contributed by atoms with Crippen molar-refractivity contribution in [2.75, 3.05) is 20.8 Å². The van der Waals surface area contributed by atoms with E-state index in [2.05, 4.69) is 0 Å². The number of methoxy groups -OCH3 is 2. The molecule has 8 heteroatoms. The van der Waals surface area contributed by atoms with Crippen LogP contribution in [0.2, 0.25) is 0 Å². The first-order valence-corrected chi connectivity index (χ1v) is 13.1. The van der Waals surface area contributed by atoms with Gasteiger partial charge in [-0.25, -0.2) is 4.39 Å². The Labute approximate surface area is 233 Å². The standard InChI is InChI=1S/C32H34FNO6/c1-7-40-27-15-21(10-13-25(27)38-5)29-28(30(35)24-16-23(18(2)3)26(39-6)14-19(24)4)31(36)32(37)34(29)17-20-8-11-22(33)12-9-20/h8-16,18,29,35H,7,17H2,1-6H3/b30-28+. The molecule has 3 aromatic rings. The molecular weight excluding hydrogens is 513 g/mol. The molecule has 0 aromatic heterocycles. The maximum atomic E-state index is 13.6. The molecule has 40 heavy (non-hydrogen) atoms. The van der Waals surface area contributed by atoms with E-state index in [1.807, 2.05) is 33.8 Å². The van der Waals surface area contributed by atoms with Crippen molar-refractivity contribution in [3.8, 4) is 17.2 Å². The second kappa shape index (κ2) is 11.8. The first kappa shape index (κ1) is 28.7. The topological polar surface area (TPSA) is 85.3 Å². The van der Waals surface area contributed by atoms with Gasteiger partial charge < -0.3 is 24.2 Å². The first-order chi connectivity index (χ1) is 19.1. The zero-order chi connectivity index (χ0) is 29.1. The summed E-state index contributed by atoms with van der Waals surface area (Å²) in [4.78, 5) is 28.5. The molecule has 3 aromatic carbocycles. The molecule has 210 valence electrons. The van der Waals surface area contributed by atoms with Crippen LogP contribution >= 0.6 is 0 Å². The van der Waals surface area contributed by atoms with Crippen molar-refractivity contribution in [2.45, 2.75) is 46.2 Å². The van der Waals surface area contributed by atoms with Crippen LogP contribution in [0.25, 0.3) is 5.76 Å². The van der Waals surface area contributed by atoms with E-state index < -0.39 is 23.5 Å². The zero-order valence-corrected chi connectivity index (χ0v) is 23.6. The molecule has 1 heterocycles. The summed E-state index contributed by atoms with van der Waals surface area (Å²) in [5, 5.41) is 11.7. The summed E-state index contributed by atoms with van der Waals surface area (Å²) in [6.45, 7) is 8.06. The zero-order valence-electron chi connectivity index (χ0n) is 23.6. The quantitative estimate of drug-likeness (QED) is 0.192. The van der Waals surface area contributed by atoms with Gasteiger partial charge in [0, 0.05) is 12.1 Å². The number of amides is 1. The lowest BCUT2D eigenvalue weighted by atomic mass is 9.91. The highest BCUT2D eigenvalue weighted by Gasteiger charge is 2.46. The van der Waals surface area contributed by atoms with E-state index in [1.54, 1.807) is 43.5 Å². The van der Waals surface area contributed by atoms with Crippen LogP contribution in [0.3, 0.4) is 0 Å². The van der Waals surface area contributed by atoms with Crippen molar-refractivity contribution in [1.29, 1.82) is 0 Å². The van der Waals surface area contributed by atoms with Crippen molar-refractivity contribution < 1.29 is 33.3 Å². The van der Waals surface area contributed by atoms with Gasteiger partial charge in [-0.15, -0.1) is 0 Å². The molecule has 1 fully saturated rings. The normalized spacial score (nSPS) is 16.5. The SMILES string of the molecule is CCOc1cc(C2/C(=C(\O)c3cc(C(C)C)c(OC)cc3C)C(=O)C(=O)N2Cc2ccc(F)cc2)ccc1OC. The van der Waals surface area contributed by atoms with Gasteiger partial charge in [-0.2, -0.15) is 0 Å². The van der Waals surface area contributed by atoms with Crippen LogP contribution in [0.1, 0.15) is 60.5 Å². The number of Topliss-reactive ketones (excluding diaryl/α,β-unsaturated/α-hetero) is 1. The third-order valence-corrected chi connectivity index (χ3v) is 7.06. The third kappa shape index (κ3) is 5.39. The number of aliphatic hydroxyl groups is 1. The summed E-state index contributed by atoms with van der Waals surface area (Å²) in [7, 11) is 3.11. The summed E-state index contributed by atoms with van der Waals surface area (Å²) in [6, 6.07) is 13.6. The predicted molar refractivity (Wildman–Crippen MR) is 150 cm³/mol. The second-order valence-corrected chi connectivity index (χ2v) is 9.96. The number of hydrogen-bond donors (Lipinski definition) is 1. The Balaban J connectivity index is 1.95. The largest absolute Gasteiger partial charge is 0.507 e. The van der Waals surface area contributed by atoms with E-state index in [-0.39, 0.29) is 23.8 Å². The fourth-order valence-corrected chi connectivity index (χ4v) is 5.03. The molecular formula is C32H34FNO6. The highest BCUT2D eigenvalue weighted by atomic mass is 19.1. The van der Waals surface area contributed by atoms with E-state index in [0.717, 1.165) is 5.56 Å². The lowest BCUT2D eigenvalue weighted by Crippen LogP contribution is -2.29. The number of rotatable bonds is 9. The molecule has 4 rings (SSSR count). The molecule has 0 spiro atoms. The summed E-state index contributed by atoms with van der Waals surface area (Å²) in [5.41, 5.74) is 3.13. The van der Waals surface area contributed by atoms with Crippen LogP contribution in [-0.2, 0) is 16.1 Å². The minimum Gasteiger partial charge on any atom is -0.507 e. The van der Waals surface area contributed by atoms with Gasteiger partial charge in [-0.05, 0) is 78.4 Å². The van der Waals surface area contributed by atoms with Gasteiger partial charge in [0.2, 0.25) is 0 Å². The molecule has 0 radical (unpaired) electrons. The first-order valence-electron chi connectivity index (χ1n) is 13.1. The van der Waals surface area contributed by atoms with Gasteiger partial charge in [0.15, 0.2) is 11.5 Å². The molecule has 1 aliphatic heterocycles. The van der Waals surface area contributed by atoms with Crippen molar-refractivity contribution in [2.24, 2.45) is 0 Å². The molecule has 1 unspecified atom stereocenters. The highest BCUT2D eigenvalue weighted by Crippen LogP contribution is 2.44. The second-order valence-electron chi connectivity index (χ2n) is 9.96. The van der Waals surface area contributed by atoms with Crippen molar-refractivity contribution in [3.63, 3.8) is 0 Å². The molecule has 1 amide bonds. The fourth-order valence-electron chi connectivity index (χ4n) is 5.03. The Morgan fingerprint density at radius 3 is 2.25 bits per heavy atom. The van der Waals surface area contributed by atoms with Crippen LogP contribution in [0, 0.1) is 12.7 Å². The minimum absolute atomic E-state index is 0.0289. The summed E-state index contributed by atoms with van der Waals surface area (Å²) in [5.74, 6) is -0.565. The summed E-state index contributed by atoms with van der Waals surface area (Å²) in [6.07, 6.45) is 0. The van der Waals surface area contributed by atoms with Crippen LogP contribution in [-0.4, -0.2) is 42.5 Å². The van der Waals surface area contributed by atoms with Crippen LogP contribution < -0.4 is 14.2 Å². The van der Waals surface area contributed by atoms with E-state index in [9.17, 15) is 19.1 Å². The van der Waals surface area contributed by atoms with Crippen LogP contribution in [0.4, 0.5) is 4.39 Å². The Morgan fingerprint density at radius 2 is 1.65 bits per heavy atom.